The second-order valence-electron chi connectivity index (χ2n) is 6.53. The van der Waals surface area contributed by atoms with Crippen molar-refractivity contribution in [3.8, 4) is 0 Å². The number of nitrogens with zero attached hydrogens (tertiary/aromatic N) is 3. The fourth-order valence-electron chi connectivity index (χ4n) is 3.26. The summed E-state index contributed by atoms with van der Waals surface area (Å²) in [6, 6.07) is 5.11. The summed E-state index contributed by atoms with van der Waals surface area (Å²) in [5.41, 5.74) is 1.77. The molecule has 1 aliphatic heterocycles. The van der Waals surface area contributed by atoms with Crippen molar-refractivity contribution in [1.82, 2.24) is 14.0 Å². The zero-order valence-corrected chi connectivity index (χ0v) is 14.8. The molecule has 1 fully saturated rings. The third-order valence-corrected chi connectivity index (χ3v) is 4.43. The highest BCUT2D eigenvalue weighted by atomic mass is 16.5. The molecule has 2 amide bonds. The number of ether oxygens (including phenoxy) is 1. The van der Waals surface area contributed by atoms with Gasteiger partial charge in [-0.2, -0.15) is 0 Å². The molecule has 8 heteroatoms. The number of fused-ring (bicyclic) bond motifs is 1. The van der Waals surface area contributed by atoms with Crippen LogP contribution in [0.5, 0.6) is 0 Å². The first-order valence-corrected chi connectivity index (χ1v) is 8.19. The van der Waals surface area contributed by atoms with E-state index in [0.717, 1.165) is 5.52 Å². The molecule has 1 aliphatic rings. The minimum Gasteiger partial charge on any atom is -0.372 e. The number of rotatable bonds is 1. The van der Waals surface area contributed by atoms with Crippen molar-refractivity contribution in [1.29, 1.82) is 0 Å². The van der Waals surface area contributed by atoms with Gasteiger partial charge in [-0.1, -0.05) is 0 Å². The van der Waals surface area contributed by atoms with E-state index in [1.807, 2.05) is 13.8 Å². The summed E-state index contributed by atoms with van der Waals surface area (Å²) in [4.78, 5) is 38.2. The maximum atomic E-state index is 12.4. The Morgan fingerprint density at radius 2 is 1.68 bits per heavy atom. The van der Waals surface area contributed by atoms with Crippen molar-refractivity contribution >= 4 is 28.5 Å². The molecule has 1 aromatic carbocycles. The van der Waals surface area contributed by atoms with Crippen molar-refractivity contribution in [2.75, 3.05) is 18.4 Å². The highest BCUT2D eigenvalue weighted by molar-refractivity contribution is 6.39. The number of imidazole rings is 1. The maximum absolute atomic E-state index is 12.4. The van der Waals surface area contributed by atoms with Crippen LogP contribution < -0.4 is 11.0 Å². The molecule has 0 spiro atoms. The van der Waals surface area contributed by atoms with Gasteiger partial charge in [-0.05, 0) is 32.0 Å². The predicted octanol–water partition coefficient (Wildman–Crippen LogP) is 0.451. The summed E-state index contributed by atoms with van der Waals surface area (Å²) in [7, 11) is 3.35. The van der Waals surface area contributed by atoms with E-state index < -0.39 is 11.8 Å². The zero-order chi connectivity index (χ0) is 18.3. The molecular weight excluding hydrogens is 324 g/mol. The van der Waals surface area contributed by atoms with Gasteiger partial charge in [0.15, 0.2) is 0 Å². The first kappa shape index (κ1) is 17.2. The van der Waals surface area contributed by atoms with Crippen molar-refractivity contribution in [3.63, 3.8) is 0 Å². The third kappa shape index (κ3) is 3.17. The third-order valence-electron chi connectivity index (χ3n) is 4.43. The van der Waals surface area contributed by atoms with Crippen LogP contribution in [0.15, 0.2) is 23.0 Å². The minimum absolute atomic E-state index is 0.101. The molecule has 2 aromatic rings. The number of amides is 2. The zero-order valence-electron chi connectivity index (χ0n) is 14.8. The maximum Gasteiger partial charge on any atom is 0.328 e. The summed E-state index contributed by atoms with van der Waals surface area (Å²) in [6.45, 7) is 4.53. The second kappa shape index (κ2) is 6.36. The molecule has 0 radical (unpaired) electrons. The van der Waals surface area contributed by atoms with Gasteiger partial charge in [-0.15, -0.1) is 0 Å². The van der Waals surface area contributed by atoms with Gasteiger partial charge < -0.3 is 15.0 Å². The average molecular weight is 346 g/mol. The lowest BCUT2D eigenvalue weighted by atomic mass is 10.2. The highest BCUT2D eigenvalue weighted by Gasteiger charge is 2.29. The monoisotopic (exact) mass is 346 g/mol. The molecule has 1 saturated heterocycles. The predicted molar refractivity (Wildman–Crippen MR) is 93.4 cm³/mol. The topological polar surface area (TPSA) is 85.6 Å². The van der Waals surface area contributed by atoms with E-state index in [1.165, 1.54) is 14.0 Å². The summed E-state index contributed by atoms with van der Waals surface area (Å²) in [6.07, 6.45) is -0.202. The lowest BCUT2D eigenvalue weighted by molar-refractivity contribution is -0.151. The standard InChI is InChI=1S/C17H22N4O4/c1-10-8-21(9-11(2)25-10)16(23)15(22)18-12-5-6-13-14(7-12)20(4)17(24)19(13)3/h5-7,10-11H,8-9H2,1-4H3,(H,18,22). The Morgan fingerprint density at radius 3 is 2.32 bits per heavy atom. The summed E-state index contributed by atoms with van der Waals surface area (Å²) >= 11 is 0. The Morgan fingerprint density at radius 1 is 1.08 bits per heavy atom. The molecular formula is C17H22N4O4. The summed E-state index contributed by atoms with van der Waals surface area (Å²) < 4.78 is 8.61. The molecule has 2 atom stereocenters. The smallest absolute Gasteiger partial charge is 0.328 e. The van der Waals surface area contributed by atoms with E-state index in [-0.39, 0.29) is 17.9 Å². The molecule has 25 heavy (non-hydrogen) atoms. The number of hydrogen-bond donors (Lipinski definition) is 1. The normalized spacial score (nSPS) is 20.7. The van der Waals surface area contributed by atoms with E-state index in [2.05, 4.69) is 5.32 Å². The van der Waals surface area contributed by atoms with Gasteiger partial charge in [0.1, 0.15) is 0 Å². The largest absolute Gasteiger partial charge is 0.372 e. The fraction of sp³-hybridized carbons (Fsp3) is 0.471. The van der Waals surface area contributed by atoms with Crippen LogP contribution in [0.4, 0.5) is 5.69 Å². The average Bonchev–Trinajstić information content (AvgIpc) is 2.77. The van der Waals surface area contributed by atoms with Gasteiger partial charge >= 0.3 is 17.5 Å². The lowest BCUT2D eigenvalue weighted by Gasteiger charge is -2.34. The fourth-order valence-corrected chi connectivity index (χ4v) is 3.26. The molecule has 1 N–H and O–H groups in total. The van der Waals surface area contributed by atoms with Crippen LogP contribution >= 0.6 is 0 Å². The van der Waals surface area contributed by atoms with Gasteiger partial charge in [0.05, 0.1) is 23.2 Å². The number of benzene rings is 1. The number of aromatic nitrogens is 2. The number of carbonyl (C=O) groups is 2. The number of morpholine rings is 1. The molecule has 2 unspecified atom stereocenters. The number of hydrogen-bond acceptors (Lipinski definition) is 4. The molecule has 1 aromatic heterocycles. The van der Waals surface area contributed by atoms with Crippen molar-refractivity contribution < 1.29 is 14.3 Å². The highest BCUT2D eigenvalue weighted by Crippen LogP contribution is 2.18. The Bertz CT molecular complexity index is 888. The van der Waals surface area contributed by atoms with Crippen LogP contribution in [0.2, 0.25) is 0 Å². The van der Waals surface area contributed by atoms with Crippen LogP contribution in [-0.2, 0) is 28.4 Å². The number of nitrogens with one attached hydrogen (secondary N) is 1. The Hall–Kier alpha value is -2.61. The van der Waals surface area contributed by atoms with E-state index in [1.54, 1.807) is 32.3 Å². The lowest BCUT2D eigenvalue weighted by Crippen LogP contribution is -2.51. The number of carbonyl (C=O) groups excluding carboxylic acids is 2. The van der Waals surface area contributed by atoms with E-state index in [4.69, 9.17) is 4.74 Å². The molecule has 8 nitrogen and oxygen atoms in total. The van der Waals surface area contributed by atoms with Crippen molar-refractivity contribution in [2.24, 2.45) is 14.1 Å². The molecule has 2 heterocycles. The van der Waals surface area contributed by atoms with Crippen LogP contribution in [0.1, 0.15) is 13.8 Å². The van der Waals surface area contributed by atoms with Gasteiger partial charge in [0, 0.05) is 32.9 Å². The van der Waals surface area contributed by atoms with Crippen LogP contribution in [-0.4, -0.2) is 51.1 Å². The van der Waals surface area contributed by atoms with Gasteiger partial charge in [-0.25, -0.2) is 4.79 Å². The first-order chi connectivity index (χ1) is 11.8. The Kier molecular flexibility index (Phi) is 4.38. The number of aryl methyl sites for hydroxylation is 2. The van der Waals surface area contributed by atoms with E-state index in [0.29, 0.717) is 24.3 Å². The molecule has 0 aliphatic carbocycles. The van der Waals surface area contributed by atoms with E-state index in [9.17, 15) is 14.4 Å². The molecule has 0 bridgehead atoms. The first-order valence-electron chi connectivity index (χ1n) is 8.19. The summed E-state index contributed by atoms with van der Waals surface area (Å²) in [5, 5.41) is 2.62. The van der Waals surface area contributed by atoms with Crippen molar-refractivity contribution in [2.45, 2.75) is 26.1 Å². The van der Waals surface area contributed by atoms with Gasteiger partial charge in [0.25, 0.3) is 0 Å². The van der Waals surface area contributed by atoms with Crippen LogP contribution in [0.25, 0.3) is 11.0 Å². The molecule has 134 valence electrons. The number of anilines is 1. The Balaban J connectivity index is 1.78. The second-order valence-corrected chi connectivity index (χ2v) is 6.53. The minimum atomic E-state index is -0.693. The van der Waals surface area contributed by atoms with E-state index >= 15 is 0 Å². The molecule has 3 rings (SSSR count). The Labute approximate surface area is 145 Å². The van der Waals surface area contributed by atoms with Crippen LogP contribution in [0.3, 0.4) is 0 Å². The summed E-state index contributed by atoms with van der Waals surface area (Å²) in [5.74, 6) is -1.27. The molecule has 0 saturated carbocycles. The SMILES string of the molecule is CC1CN(C(=O)C(=O)Nc2ccc3c(c2)n(C)c(=O)n3C)CC(C)O1. The van der Waals surface area contributed by atoms with Crippen molar-refractivity contribution in [3.05, 3.63) is 28.7 Å². The van der Waals surface area contributed by atoms with Gasteiger partial charge in [0.2, 0.25) is 0 Å². The van der Waals surface area contributed by atoms with Gasteiger partial charge in [-0.3, -0.25) is 18.7 Å². The van der Waals surface area contributed by atoms with Crippen LogP contribution in [0, 0.1) is 0 Å². The quantitative estimate of drug-likeness (QED) is 0.760.